The van der Waals surface area contributed by atoms with Crippen LogP contribution in [0.4, 0.5) is 5.69 Å². The van der Waals surface area contributed by atoms with Crippen LogP contribution < -0.4 is 4.90 Å². The van der Waals surface area contributed by atoms with Gasteiger partial charge in [-0.3, -0.25) is 19.2 Å². The number of esters is 2. The molecule has 28 heavy (non-hydrogen) atoms. The summed E-state index contributed by atoms with van der Waals surface area (Å²) in [4.78, 5) is 50.4. The highest BCUT2D eigenvalue weighted by atomic mass is 35.5. The Kier molecular flexibility index (Phi) is 4.28. The Morgan fingerprint density at radius 1 is 1.11 bits per heavy atom. The Labute approximate surface area is 165 Å². The smallest absolute Gasteiger partial charge is 0.305 e. The molecule has 9 heteroatoms. The summed E-state index contributed by atoms with van der Waals surface area (Å²) in [6, 6.07) is 6.28. The standard InChI is InChI=1S/C19H16ClNO7/c1-9(22)26-18(27-10(2)23)19-8-7-13(28-19)14-15(19)17(25)21(16(14)24)12-5-3-11(20)4-6-12/h3-8,13-15,18H,1-2H3/t13-,14-,15+,19+/m1/s1. The maximum atomic E-state index is 13.2. The highest BCUT2D eigenvalue weighted by molar-refractivity contribution is 6.31. The molecule has 0 aliphatic carbocycles. The Bertz CT molecular complexity index is 895. The Hall–Kier alpha value is -2.71. The third kappa shape index (κ3) is 2.63. The first-order valence-corrected chi connectivity index (χ1v) is 8.97. The second-order valence-electron chi connectivity index (χ2n) is 6.84. The maximum Gasteiger partial charge on any atom is 0.305 e. The quantitative estimate of drug-likeness (QED) is 0.324. The summed E-state index contributed by atoms with van der Waals surface area (Å²) in [7, 11) is 0. The molecule has 2 saturated heterocycles. The van der Waals surface area contributed by atoms with Crippen molar-refractivity contribution in [3.63, 3.8) is 0 Å². The highest BCUT2D eigenvalue weighted by Crippen LogP contribution is 2.54. The summed E-state index contributed by atoms with van der Waals surface area (Å²) >= 11 is 5.89. The first-order chi connectivity index (χ1) is 13.2. The molecule has 1 aromatic rings. The molecule has 2 amide bonds. The van der Waals surface area contributed by atoms with Crippen molar-refractivity contribution in [3.8, 4) is 0 Å². The average molecular weight is 406 g/mol. The second-order valence-corrected chi connectivity index (χ2v) is 7.27. The maximum absolute atomic E-state index is 13.2. The van der Waals surface area contributed by atoms with Crippen LogP contribution in [0.5, 0.6) is 0 Å². The van der Waals surface area contributed by atoms with Crippen LogP contribution in [-0.2, 0) is 33.4 Å². The van der Waals surface area contributed by atoms with Gasteiger partial charge in [0.2, 0.25) is 11.8 Å². The van der Waals surface area contributed by atoms with Crippen LogP contribution in [0.1, 0.15) is 13.8 Å². The molecule has 146 valence electrons. The van der Waals surface area contributed by atoms with Crippen LogP contribution in [0.15, 0.2) is 36.4 Å². The van der Waals surface area contributed by atoms with E-state index in [4.69, 9.17) is 25.8 Å². The topological polar surface area (TPSA) is 99.2 Å². The zero-order valence-electron chi connectivity index (χ0n) is 15.0. The number of hydrogen-bond donors (Lipinski definition) is 0. The van der Waals surface area contributed by atoms with E-state index in [1.165, 1.54) is 6.08 Å². The van der Waals surface area contributed by atoms with Gasteiger partial charge in [0, 0.05) is 18.9 Å². The van der Waals surface area contributed by atoms with Crippen molar-refractivity contribution >= 4 is 41.0 Å². The number of imide groups is 1. The van der Waals surface area contributed by atoms with Gasteiger partial charge in [-0.25, -0.2) is 4.90 Å². The zero-order chi connectivity index (χ0) is 20.2. The number of halogens is 1. The second kappa shape index (κ2) is 6.42. The lowest BCUT2D eigenvalue weighted by atomic mass is 9.76. The molecule has 0 saturated carbocycles. The number of ether oxygens (including phenoxy) is 3. The van der Waals surface area contributed by atoms with Crippen LogP contribution in [-0.4, -0.2) is 41.7 Å². The summed E-state index contributed by atoms with van der Waals surface area (Å²) in [5.41, 5.74) is -1.18. The third-order valence-electron chi connectivity index (χ3n) is 5.08. The van der Waals surface area contributed by atoms with Crippen LogP contribution in [0, 0.1) is 11.8 Å². The molecule has 8 nitrogen and oxygen atoms in total. The average Bonchev–Trinajstić information content (AvgIpc) is 3.26. The molecule has 3 aliphatic heterocycles. The molecule has 4 atom stereocenters. The monoisotopic (exact) mass is 405 g/mol. The van der Waals surface area contributed by atoms with Crippen molar-refractivity contribution in [2.45, 2.75) is 31.8 Å². The predicted molar refractivity (Wildman–Crippen MR) is 95.0 cm³/mol. The van der Waals surface area contributed by atoms with E-state index < -0.39 is 53.6 Å². The fraction of sp³-hybridized carbons (Fsp3) is 0.368. The molecule has 0 radical (unpaired) electrons. The number of nitrogens with zero attached hydrogens (tertiary/aromatic N) is 1. The molecule has 2 fully saturated rings. The molecule has 0 spiro atoms. The SMILES string of the molecule is CC(=O)OC(OC(C)=O)[C@@]12C=C[C@@H](O1)[C@H]1C(=O)N(c3ccc(Cl)cc3)C(=O)[C@H]12. The Morgan fingerprint density at radius 3 is 2.29 bits per heavy atom. The molecule has 3 aliphatic rings. The van der Waals surface area contributed by atoms with E-state index in [9.17, 15) is 19.2 Å². The van der Waals surface area contributed by atoms with Crippen molar-refractivity contribution in [1.29, 1.82) is 0 Å². The lowest BCUT2D eigenvalue weighted by Crippen LogP contribution is -2.52. The molecule has 0 unspecified atom stereocenters. The summed E-state index contributed by atoms with van der Waals surface area (Å²) in [5.74, 6) is -4.17. The van der Waals surface area contributed by atoms with Gasteiger partial charge in [-0.1, -0.05) is 17.7 Å². The van der Waals surface area contributed by atoms with Gasteiger partial charge in [-0.05, 0) is 30.3 Å². The summed E-state index contributed by atoms with van der Waals surface area (Å²) in [5, 5.41) is 0.467. The Balaban J connectivity index is 1.74. The van der Waals surface area contributed by atoms with E-state index in [1.54, 1.807) is 30.3 Å². The van der Waals surface area contributed by atoms with Crippen molar-refractivity contribution in [1.82, 2.24) is 0 Å². The summed E-state index contributed by atoms with van der Waals surface area (Å²) in [6.07, 6.45) is 0.983. The van der Waals surface area contributed by atoms with Crippen LogP contribution in [0.3, 0.4) is 0 Å². The highest BCUT2D eigenvalue weighted by Gasteiger charge is 2.72. The van der Waals surface area contributed by atoms with Gasteiger partial charge in [-0.2, -0.15) is 0 Å². The zero-order valence-corrected chi connectivity index (χ0v) is 15.7. The number of hydrogen-bond acceptors (Lipinski definition) is 7. The third-order valence-corrected chi connectivity index (χ3v) is 5.33. The van der Waals surface area contributed by atoms with Crippen molar-refractivity contribution in [3.05, 3.63) is 41.4 Å². The lowest BCUT2D eigenvalue weighted by Gasteiger charge is -2.34. The fourth-order valence-electron chi connectivity index (χ4n) is 4.06. The minimum absolute atomic E-state index is 0.375. The van der Waals surface area contributed by atoms with Gasteiger partial charge < -0.3 is 14.2 Å². The van der Waals surface area contributed by atoms with Crippen LogP contribution >= 0.6 is 11.6 Å². The molecule has 0 N–H and O–H groups in total. The molecular formula is C19H16ClNO7. The van der Waals surface area contributed by atoms with Crippen molar-refractivity contribution in [2.24, 2.45) is 11.8 Å². The number of carbonyl (C=O) groups is 4. The number of carbonyl (C=O) groups excluding carboxylic acids is 4. The van der Waals surface area contributed by atoms with E-state index in [0.717, 1.165) is 18.7 Å². The molecular weight excluding hydrogens is 390 g/mol. The first kappa shape index (κ1) is 18.6. The van der Waals surface area contributed by atoms with Gasteiger partial charge in [0.25, 0.3) is 6.29 Å². The largest absolute Gasteiger partial charge is 0.422 e. The van der Waals surface area contributed by atoms with E-state index in [-0.39, 0.29) is 0 Å². The van der Waals surface area contributed by atoms with Crippen LogP contribution in [0.2, 0.25) is 5.02 Å². The normalized spacial score (nSPS) is 30.1. The van der Waals surface area contributed by atoms with Gasteiger partial charge in [-0.15, -0.1) is 0 Å². The van der Waals surface area contributed by atoms with Gasteiger partial charge >= 0.3 is 11.9 Å². The molecule has 2 bridgehead atoms. The lowest BCUT2D eigenvalue weighted by molar-refractivity contribution is -0.226. The van der Waals surface area contributed by atoms with E-state index in [2.05, 4.69) is 0 Å². The minimum atomic E-state index is -1.55. The predicted octanol–water partition coefficient (Wildman–Crippen LogP) is 1.61. The van der Waals surface area contributed by atoms with Crippen molar-refractivity contribution < 1.29 is 33.4 Å². The molecule has 3 heterocycles. The molecule has 4 rings (SSSR count). The van der Waals surface area contributed by atoms with Crippen molar-refractivity contribution in [2.75, 3.05) is 4.90 Å². The van der Waals surface area contributed by atoms with Gasteiger partial charge in [0.05, 0.1) is 23.6 Å². The van der Waals surface area contributed by atoms with E-state index in [0.29, 0.717) is 10.7 Å². The molecule has 1 aromatic carbocycles. The fourth-order valence-corrected chi connectivity index (χ4v) is 4.19. The Morgan fingerprint density at radius 2 is 1.71 bits per heavy atom. The van der Waals surface area contributed by atoms with Gasteiger partial charge in [0.1, 0.15) is 0 Å². The number of fused-ring (bicyclic) bond motifs is 5. The summed E-state index contributed by atoms with van der Waals surface area (Å²) < 4.78 is 16.2. The van der Waals surface area contributed by atoms with E-state index in [1.807, 2.05) is 0 Å². The number of benzene rings is 1. The number of anilines is 1. The molecule has 0 aromatic heterocycles. The number of amides is 2. The van der Waals surface area contributed by atoms with Gasteiger partial charge in [0.15, 0.2) is 5.60 Å². The summed E-state index contributed by atoms with van der Waals surface area (Å²) in [6.45, 7) is 2.30. The van der Waals surface area contributed by atoms with Crippen LogP contribution in [0.25, 0.3) is 0 Å². The van der Waals surface area contributed by atoms with E-state index >= 15 is 0 Å². The first-order valence-electron chi connectivity index (χ1n) is 8.59. The number of rotatable bonds is 4. The minimum Gasteiger partial charge on any atom is -0.422 e.